The van der Waals surface area contributed by atoms with Crippen LogP contribution in [0, 0.1) is 5.92 Å². The van der Waals surface area contributed by atoms with Crippen molar-refractivity contribution in [3.05, 3.63) is 33.8 Å². The molecular formula is C18H25Cl2NO. The van der Waals surface area contributed by atoms with Gasteiger partial charge in [0.1, 0.15) is 0 Å². The summed E-state index contributed by atoms with van der Waals surface area (Å²) in [5, 5.41) is 4.85. The highest BCUT2D eigenvalue weighted by atomic mass is 35.5. The second kappa shape index (κ2) is 6.32. The number of nitrogens with one attached hydrogen (secondary N) is 1. The molecule has 1 aromatic rings. The van der Waals surface area contributed by atoms with E-state index in [2.05, 4.69) is 24.4 Å². The van der Waals surface area contributed by atoms with Crippen LogP contribution in [0.2, 0.25) is 10.0 Å². The van der Waals surface area contributed by atoms with Crippen LogP contribution >= 0.6 is 23.2 Å². The molecule has 1 saturated carbocycles. The van der Waals surface area contributed by atoms with Crippen molar-refractivity contribution in [2.24, 2.45) is 5.92 Å². The summed E-state index contributed by atoms with van der Waals surface area (Å²) in [6, 6.07) is 6.23. The fourth-order valence-electron chi connectivity index (χ4n) is 4.29. The van der Waals surface area contributed by atoms with Crippen molar-refractivity contribution in [1.29, 1.82) is 0 Å². The molecule has 1 aromatic carbocycles. The van der Waals surface area contributed by atoms with E-state index >= 15 is 0 Å². The first kappa shape index (κ1) is 16.6. The van der Waals surface area contributed by atoms with Crippen LogP contribution < -0.4 is 5.32 Å². The highest BCUT2D eigenvalue weighted by molar-refractivity contribution is 6.42. The van der Waals surface area contributed by atoms with Gasteiger partial charge in [-0.1, -0.05) is 29.3 Å². The maximum atomic E-state index is 6.31. The molecular weight excluding hydrogens is 317 g/mol. The largest absolute Gasteiger partial charge is 0.379 e. The van der Waals surface area contributed by atoms with Gasteiger partial charge in [0.15, 0.2) is 0 Å². The summed E-state index contributed by atoms with van der Waals surface area (Å²) in [5.41, 5.74) is 1.58. The molecule has 1 saturated heterocycles. The van der Waals surface area contributed by atoms with E-state index in [0.29, 0.717) is 16.0 Å². The van der Waals surface area contributed by atoms with Gasteiger partial charge in [-0.05, 0) is 81.1 Å². The van der Waals surface area contributed by atoms with Gasteiger partial charge in [0.25, 0.3) is 0 Å². The molecule has 0 aromatic heterocycles. The highest BCUT2D eigenvalue weighted by Crippen LogP contribution is 2.51. The summed E-state index contributed by atoms with van der Waals surface area (Å²) in [6.45, 7) is 4.46. The summed E-state index contributed by atoms with van der Waals surface area (Å²) in [6.07, 6.45) is 5.74. The van der Waals surface area contributed by atoms with Gasteiger partial charge in [0.05, 0.1) is 15.6 Å². The zero-order valence-corrected chi connectivity index (χ0v) is 14.9. The minimum Gasteiger partial charge on any atom is -0.379 e. The second-order valence-electron chi connectivity index (χ2n) is 7.13. The standard InChI is InChI=1S/C18H25Cl2NO/c1-17(22-2)6-8-18(9-7-17,14-5-10-21-12-14)13-3-4-15(19)16(20)11-13/h3-4,11,14,21H,5-10,12H2,1-2H3/t14-,17?,18?/m0/s1. The number of hydrogen-bond acceptors (Lipinski definition) is 2. The van der Waals surface area contributed by atoms with Crippen molar-refractivity contribution in [2.45, 2.75) is 50.0 Å². The topological polar surface area (TPSA) is 21.3 Å². The molecule has 1 aliphatic heterocycles. The smallest absolute Gasteiger partial charge is 0.0651 e. The Balaban J connectivity index is 1.95. The lowest BCUT2D eigenvalue weighted by Crippen LogP contribution is -2.45. The fourth-order valence-corrected chi connectivity index (χ4v) is 4.59. The molecule has 4 heteroatoms. The predicted molar refractivity (Wildman–Crippen MR) is 93.0 cm³/mol. The van der Waals surface area contributed by atoms with Crippen LogP contribution in [0.15, 0.2) is 18.2 Å². The first-order chi connectivity index (χ1) is 10.5. The van der Waals surface area contributed by atoms with Gasteiger partial charge in [-0.2, -0.15) is 0 Å². The number of benzene rings is 1. The Labute approximate surface area is 143 Å². The van der Waals surface area contributed by atoms with Crippen LogP contribution in [-0.2, 0) is 10.2 Å². The Kier molecular flexibility index (Phi) is 4.76. The fraction of sp³-hybridized carbons (Fsp3) is 0.667. The lowest BCUT2D eigenvalue weighted by Gasteiger charge is -2.48. The van der Waals surface area contributed by atoms with Gasteiger partial charge in [0.2, 0.25) is 0 Å². The van der Waals surface area contributed by atoms with Crippen LogP contribution in [0.3, 0.4) is 0 Å². The van der Waals surface area contributed by atoms with Crippen LogP contribution in [0.5, 0.6) is 0 Å². The van der Waals surface area contributed by atoms with Crippen LogP contribution in [0.25, 0.3) is 0 Å². The molecule has 122 valence electrons. The molecule has 0 unspecified atom stereocenters. The molecule has 3 rings (SSSR count). The molecule has 0 radical (unpaired) electrons. The summed E-state index contributed by atoms with van der Waals surface area (Å²) in [7, 11) is 1.84. The van der Waals surface area contributed by atoms with Gasteiger partial charge >= 0.3 is 0 Å². The van der Waals surface area contributed by atoms with Gasteiger partial charge in [0, 0.05) is 7.11 Å². The number of hydrogen-bond donors (Lipinski definition) is 1. The molecule has 2 nitrogen and oxygen atoms in total. The average molecular weight is 342 g/mol. The molecule has 22 heavy (non-hydrogen) atoms. The van der Waals surface area contributed by atoms with Crippen LogP contribution in [0.4, 0.5) is 0 Å². The third-order valence-corrected chi connectivity index (χ3v) is 6.77. The summed E-state index contributed by atoms with van der Waals surface area (Å²) in [4.78, 5) is 0. The van der Waals surface area contributed by atoms with Gasteiger partial charge in [-0.15, -0.1) is 0 Å². The first-order valence-electron chi connectivity index (χ1n) is 8.20. The maximum Gasteiger partial charge on any atom is 0.0651 e. The first-order valence-corrected chi connectivity index (χ1v) is 8.96. The summed E-state index contributed by atoms with van der Waals surface area (Å²) >= 11 is 12.4. The van der Waals surface area contributed by atoms with E-state index in [4.69, 9.17) is 27.9 Å². The van der Waals surface area contributed by atoms with Gasteiger partial charge in [-0.25, -0.2) is 0 Å². The van der Waals surface area contributed by atoms with E-state index in [0.717, 1.165) is 38.8 Å². The van der Waals surface area contributed by atoms with Crippen molar-refractivity contribution in [3.63, 3.8) is 0 Å². The van der Waals surface area contributed by atoms with E-state index in [-0.39, 0.29) is 11.0 Å². The van der Waals surface area contributed by atoms with Crippen molar-refractivity contribution in [1.82, 2.24) is 5.32 Å². The monoisotopic (exact) mass is 341 g/mol. The van der Waals surface area contributed by atoms with Crippen LogP contribution in [0.1, 0.15) is 44.6 Å². The minimum atomic E-state index is 0.0196. The lowest BCUT2D eigenvalue weighted by atomic mass is 9.59. The third-order valence-electron chi connectivity index (χ3n) is 6.03. The molecule has 1 aliphatic carbocycles. The maximum absolute atomic E-state index is 6.31. The molecule has 1 atom stereocenters. The predicted octanol–water partition coefficient (Wildman–Crippen LogP) is 4.82. The Morgan fingerprint density at radius 3 is 2.41 bits per heavy atom. The zero-order chi connectivity index (χ0) is 15.8. The molecule has 2 aliphatic rings. The van der Waals surface area contributed by atoms with E-state index < -0.39 is 0 Å². The SMILES string of the molecule is COC1(C)CCC(c2ccc(Cl)c(Cl)c2)([C@H]2CCNC2)CC1. The summed E-state index contributed by atoms with van der Waals surface area (Å²) < 4.78 is 5.75. The van der Waals surface area contributed by atoms with Crippen molar-refractivity contribution in [2.75, 3.05) is 20.2 Å². The molecule has 0 amide bonds. The van der Waals surface area contributed by atoms with Gasteiger partial charge < -0.3 is 10.1 Å². The molecule has 1 N–H and O–H groups in total. The normalized spacial score (nSPS) is 35.7. The highest BCUT2D eigenvalue weighted by Gasteiger charge is 2.47. The van der Waals surface area contributed by atoms with Crippen molar-refractivity contribution >= 4 is 23.2 Å². The second-order valence-corrected chi connectivity index (χ2v) is 7.94. The Hall–Kier alpha value is -0.280. The zero-order valence-electron chi connectivity index (χ0n) is 13.4. The van der Waals surface area contributed by atoms with Crippen molar-refractivity contribution < 1.29 is 4.74 Å². The molecule has 2 fully saturated rings. The van der Waals surface area contributed by atoms with E-state index in [1.54, 1.807) is 0 Å². The number of rotatable bonds is 3. The lowest BCUT2D eigenvalue weighted by molar-refractivity contribution is -0.0466. The summed E-state index contributed by atoms with van der Waals surface area (Å²) in [5.74, 6) is 0.672. The average Bonchev–Trinajstić information content (AvgIpc) is 3.06. The molecule has 0 spiro atoms. The quantitative estimate of drug-likeness (QED) is 0.850. The van der Waals surface area contributed by atoms with E-state index in [9.17, 15) is 0 Å². The molecule has 1 heterocycles. The van der Waals surface area contributed by atoms with Gasteiger partial charge in [-0.3, -0.25) is 0 Å². The molecule has 0 bridgehead atoms. The van der Waals surface area contributed by atoms with Crippen molar-refractivity contribution in [3.8, 4) is 0 Å². The number of ether oxygens (including phenoxy) is 1. The number of halogens is 2. The van der Waals surface area contributed by atoms with Crippen LogP contribution in [-0.4, -0.2) is 25.8 Å². The minimum absolute atomic E-state index is 0.0196. The Morgan fingerprint density at radius 1 is 1.14 bits per heavy atom. The van der Waals surface area contributed by atoms with E-state index in [1.807, 2.05) is 13.2 Å². The third kappa shape index (κ3) is 2.91. The number of methoxy groups -OCH3 is 1. The van der Waals surface area contributed by atoms with E-state index in [1.165, 1.54) is 12.0 Å². The Morgan fingerprint density at radius 2 is 1.86 bits per heavy atom. The Bertz CT molecular complexity index is 532.